The van der Waals surface area contributed by atoms with Crippen molar-refractivity contribution in [3.63, 3.8) is 0 Å². The maximum Gasteiger partial charge on any atom is 0.227 e. The van der Waals surface area contributed by atoms with Crippen molar-refractivity contribution in [2.24, 2.45) is 5.92 Å². The van der Waals surface area contributed by atoms with Crippen molar-refractivity contribution in [1.82, 2.24) is 19.4 Å². The number of fused-ring (bicyclic) bond motifs is 1. The van der Waals surface area contributed by atoms with Gasteiger partial charge in [-0.05, 0) is 24.4 Å². The molecule has 0 aromatic carbocycles. The van der Waals surface area contributed by atoms with Crippen molar-refractivity contribution in [3.8, 4) is 11.3 Å². The van der Waals surface area contributed by atoms with E-state index in [2.05, 4.69) is 43.1 Å². The summed E-state index contributed by atoms with van der Waals surface area (Å²) in [7, 11) is 0. The molecule has 2 aliphatic rings. The van der Waals surface area contributed by atoms with Gasteiger partial charge in [-0.15, -0.1) is 0 Å². The minimum Gasteiger partial charge on any atom is -0.340 e. The fourth-order valence-electron chi connectivity index (χ4n) is 3.82. The van der Waals surface area contributed by atoms with Crippen LogP contribution in [-0.2, 0) is 17.8 Å². The molecule has 1 unspecified atom stereocenters. The molecular formula is C18H24N4OS. The third-order valence-electron chi connectivity index (χ3n) is 5.35. The predicted octanol–water partition coefficient (Wildman–Crippen LogP) is 2.34. The first kappa shape index (κ1) is 15.8. The molecule has 1 saturated heterocycles. The lowest BCUT2D eigenvalue weighted by Crippen LogP contribution is -2.51. The lowest BCUT2D eigenvalue weighted by Gasteiger charge is -2.37. The van der Waals surface area contributed by atoms with Crippen molar-refractivity contribution in [2.75, 3.05) is 32.7 Å². The number of rotatable bonds is 3. The highest BCUT2D eigenvalue weighted by atomic mass is 32.1. The summed E-state index contributed by atoms with van der Waals surface area (Å²) in [6.45, 7) is 7.79. The van der Waals surface area contributed by atoms with E-state index >= 15 is 0 Å². The van der Waals surface area contributed by atoms with E-state index < -0.39 is 0 Å². The number of carbonyl (C=O) groups is 1. The lowest BCUT2D eigenvalue weighted by atomic mass is 9.97. The van der Waals surface area contributed by atoms with Crippen LogP contribution >= 0.6 is 11.3 Å². The number of hydrogen-bond donors (Lipinski definition) is 0. The van der Waals surface area contributed by atoms with Crippen molar-refractivity contribution in [1.29, 1.82) is 0 Å². The van der Waals surface area contributed by atoms with Gasteiger partial charge < -0.3 is 14.4 Å². The number of amides is 1. The maximum absolute atomic E-state index is 13.0. The van der Waals surface area contributed by atoms with E-state index in [-0.39, 0.29) is 5.92 Å². The summed E-state index contributed by atoms with van der Waals surface area (Å²) in [6.07, 6.45) is 3.78. The Morgan fingerprint density at radius 3 is 2.88 bits per heavy atom. The van der Waals surface area contributed by atoms with E-state index in [9.17, 15) is 4.79 Å². The van der Waals surface area contributed by atoms with Crippen LogP contribution in [0.2, 0.25) is 0 Å². The molecule has 2 aliphatic heterocycles. The van der Waals surface area contributed by atoms with Gasteiger partial charge in [-0.25, -0.2) is 4.98 Å². The molecule has 2 aromatic heterocycles. The molecule has 4 rings (SSSR count). The third kappa shape index (κ3) is 2.89. The van der Waals surface area contributed by atoms with Crippen LogP contribution < -0.4 is 0 Å². The van der Waals surface area contributed by atoms with Crippen LogP contribution in [0.3, 0.4) is 0 Å². The van der Waals surface area contributed by atoms with Crippen LogP contribution in [-0.4, -0.2) is 58.0 Å². The van der Waals surface area contributed by atoms with Crippen LogP contribution in [0, 0.1) is 5.92 Å². The molecule has 128 valence electrons. The van der Waals surface area contributed by atoms with Crippen molar-refractivity contribution in [2.45, 2.75) is 26.3 Å². The van der Waals surface area contributed by atoms with Crippen LogP contribution in [0.15, 0.2) is 23.0 Å². The second-order valence-electron chi connectivity index (χ2n) is 6.68. The standard InChI is InChI=1S/C18H24N4OS/c1-2-20-6-8-21(9-7-20)18(23)14-3-4-17-19-11-16(22(17)12-14)15-5-10-24-13-15/h5,10-11,13-14H,2-4,6-9,12H2,1H3. The molecule has 1 fully saturated rings. The smallest absolute Gasteiger partial charge is 0.227 e. The number of likely N-dealkylation sites (N-methyl/N-ethyl adjacent to an activating group) is 1. The Kier molecular flexibility index (Phi) is 4.41. The minimum atomic E-state index is 0.0947. The summed E-state index contributed by atoms with van der Waals surface area (Å²) >= 11 is 1.70. The van der Waals surface area contributed by atoms with Crippen molar-refractivity contribution in [3.05, 3.63) is 28.8 Å². The predicted molar refractivity (Wildman–Crippen MR) is 96.0 cm³/mol. The van der Waals surface area contributed by atoms with Gasteiger partial charge >= 0.3 is 0 Å². The molecule has 0 saturated carbocycles. The highest BCUT2D eigenvalue weighted by Gasteiger charge is 2.31. The molecule has 24 heavy (non-hydrogen) atoms. The Morgan fingerprint density at radius 2 is 2.17 bits per heavy atom. The molecule has 0 radical (unpaired) electrons. The summed E-state index contributed by atoms with van der Waals surface area (Å²) in [5.74, 6) is 1.55. The molecule has 0 aliphatic carbocycles. The number of hydrogen-bond acceptors (Lipinski definition) is 4. The van der Waals surface area contributed by atoms with Gasteiger partial charge in [0.25, 0.3) is 0 Å². The molecule has 1 amide bonds. The van der Waals surface area contributed by atoms with Gasteiger partial charge in [-0.3, -0.25) is 4.79 Å². The van der Waals surface area contributed by atoms with Crippen LogP contribution in [0.4, 0.5) is 0 Å². The second-order valence-corrected chi connectivity index (χ2v) is 7.46. The molecule has 4 heterocycles. The number of carbonyl (C=O) groups excluding carboxylic acids is 1. The number of imidazole rings is 1. The SMILES string of the molecule is CCN1CCN(C(=O)C2CCc3ncc(-c4ccsc4)n3C2)CC1. The maximum atomic E-state index is 13.0. The van der Waals surface area contributed by atoms with Gasteiger partial charge in [0.2, 0.25) is 5.91 Å². The zero-order valence-corrected chi connectivity index (χ0v) is 15.0. The van der Waals surface area contributed by atoms with E-state index in [0.29, 0.717) is 5.91 Å². The number of piperazine rings is 1. The monoisotopic (exact) mass is 344 g/mol. The van der Waals surface area contributed by atoms with E-state index in [4.69, 9.17) is 0 Å². The van der Waals surface area contributed by atoms with Gasteiger partial charge in [-0.1, -0.05) is 6.92 Å². The van der Waals surface area contributed by atoms with Crippen LogP contribution in [0.1, 0.15) is 19.2 Å². The van der Waals surface area contributed by atoms with E-state index in [1.807, 2.05) is 6.20 Å². The topological polar surface area (TPSA) is 41.4 Å². The number of thiophene rings is 1. The number of nitrogens with zero attached hydrogens (tertiary/aromatic N) is 4. The highest BCUT2D eigenvalue weighted by molar-refractivity contribution is 7.08. The average molecular weight is 344 g/mol. The molecular weight excluding hydrogens is 320 g/mol. The summed E-state index contributed by atoms with van der Waals surface area (Å²) in [5.41, 5.74) is 2.36. The van der Waals surface area contributed by atoms with Gasteiger partial charge in [0, 0.05) is 50.1 Å². The van der Waals surface area contributed by atoms with Crippen molar-refractivity contribution < 1.29 is 4.79 Å². The summed E-state index contributed by atoms with van der Waals surface area (Å²) in [5, 5.41) is 4.24. The molecule has 0 spiro atoms. The summed E-state index contributed by atoms with van der Waals surface area (Å²) in [6, 6.07) is 2.13. The Morgan fingerprint density at radius 1 is 1.33 bits per heavy atom. The van der Waals surface area contributed by atoms with Crippen LogP contribution in [0.25, 0.3) is 11.3 Å². The molecule has 0 bridgehead atoms. The first-order chi connectivity index (χ1) is 11.8. The Balaban J connectivity index is 1.48. The van der Waals surface area contributed by atoms with Gasteiger partial charge in [0.05, 0.1) is 17.8 Å². The third-order valence-corrected chi connectivity index (χ3v) is 6.04. The fourth-order valence-corrected chi connectivity index (χ4v) is 4.47. The Labute approximate surface area is 146 Å². The average Bonchev–Trinajstić information content (AvgIpc) is 3.29. The van der Waals surface area contributed by atoms with E-state index in [1.54, 1.807) is 11.3 Å². The van der Waals surface area contributed by atoms with Gasteiger partial charge in [0.15, 0.2) is 0 Å². The van der Waals surface area contributed by atoms with Crippen LogP contribution in [0.5, 0.6) is 0 Å². The molecule has 5 nitrogen and oxygen atoms in total. The number of aryl methyl sites for hydroxylation is 1. The zero-order valence-electron chi connectivity index (χ0n) is 14.1. The van der Waals surface area contributed by atoms with E-state index in [1.165, 1.54) is 5.56 Å². The molecule has 1 atom stereocenters. The highest BCUT2D eigenvalue weighted by Crippen LogP contribution is 2.29. The molecule has 0 N–H and O–H groups in total. The second kappa shape index (κ2) is 6.69. The van der Waals surface area contributed by atoms with Gasteiger partial charge in [0.1, 0.15) is 5.82 Å². The first-order valence-electron chi connectivity index (χ1n) is 8.84. The Hall–Kier alpha value is -1.66. The van der Waals surface area contributed by atoms with E-state index in [0.717, 1.165) is 63.6 Å². The number of aromatic nitrogens is 2. The lowest BCUT2D eigenvalue weighted by molar-refractivity contribution is -0.138. The minimum absolute atomic E-state index is 0.0947. The molecule has 6 heteroatoms. The Bertz CT molecular complexity index is 701. The van der Waals surface area contributed by atoms with Crippen molar-refractivity contribution >= 4 is 17.2 Å². The van der Waals surface area contributed by atoms with Gasteiger partial charge in [-0.2, -0.15) is 11.3 Å². The zero-order chi connectivity index (χ0) is 16.5. The summed E-state index contributed by atoms with van der Waals surface area (Å²) in [4.78, 5) is 22.0. The first-order valence-corrected chi connectivity index (χ1v) is 9.78. The summed E-state index contributed by atoms with van der Waals surface area (Å²) < 4.78 is 2.26. The molecule has 2 aromatic rings. The normalized spacial score (nSPS) is 21.7. The quantitative estimate of drug-likeness (QED) is 0.858. The largest absolute Gasteiger partial charge is 0.340 e. The fraction of sp³-hybridized carbons (Fsp3) is 0.556.